The van der Waals surface area contributed by atoms with Gasteiger partial charge in [0.25, 0.3) is 5.69 Å². The number of benzene rings is 2. The number of fused-ring (bicyclic) bond motifs is 5. The van der Waals surface area contributed by atoms with Crippen LogP contribution in [0.3, 0.4) is 0 Å². The molecule has 2 fully saturated rings. The van der Waals surface area contributed by atoms with Crippen molar-refractivity contribution in [1.82, 2.24) is 4.90 Å². The second-order valence-corrected chi connectivity index (χ2v) is 7.98. The molecule has 10 heteroatoms. The van der Waals surface area contributed by atoms with Crippen molar-refractivity contribution in [1.29, 1.82) is 0 Å². The number of non-ortho nitro benzene ring substituents is 1. The van der Waals surface area contributed by atoms with E-state index in [1.54, 1.807) is 11.1 Å². The average molecular weight is 449 g/mol. The minimum atomic E-state index is -1.02. The number of carbonyl (C=O) groups is 3. The van der Waals surface area contributed by atoms with Gasteiger partial charge in [-0.05, 0) is 23.3 Å². The van der Waals surface area contributed by atoms with Crippen molar-refractivity contribution < 1.29 is 28.8 Å². The zero-order valence-corrected chi connectivity index (χ0v) is 17.7. The van der Waals surface area contributed by atoms with E-state index in [4.69, 9.17) is 9.47 Å². The lowest BCUT2D eigenvalue weighted by atomic mass is 9.84. The first kappa shape index (κ1) is 20.7. The third kappa shape index (κ3) is 2.83. The summed E-state index contributed by atoms with van der Waals surface area (Å²) in [6.07, 6.45) is 3.55. The van der Waals surface area contributed by atoms with Crippen molar-refractivity contribution in [3.8, 4) is 5.75 Å². The van der Waals surface area contributed by atoms with Gasteiger partial charge in [-0.2, -0.15) is 0 Å². The Bertz CT molecular complexity index is 1240. The summed E-state index contributed by atoms with van der Waals surface area (Å²) in [4.78, 5) is 53.5. The second kappa shape index (κ2) is 7.44. The van der Waals surface area contributed by atoms with Crippen LogP contribution in [0.1, 0.15) is 17.2 Å². The number of nitro groups is 1. The Labute approximate surface area is 188 Å². The number of methoxy groups -OCH3 is 2. The number of amides is 2. The largest absolute Gasteiger partial charge is 0.495 e. The molecule has 0 aromatic heterocycles. The topological polar surface area (TPSA) is 119 Å². The highest BCUT2D eigenvalue weighted by Gasteiger charge is 2.65. The molecule has 5 rings (SSSR count). The molecule has 0 aliphatic carbocycles. The molecular weight excluding hydrogens is 430 g/mol. The third-order valence-electron chi connectivity index (χ3n) is 6.52. The smallest absolute Gasteiger partial charge is 0.329 e. The maximum Gasteiger partial charge on any atom is 0.329 e. The molecule has 0 radical (unpaired) electrons. The Morgan fingerprint density at radius 3 is 2.48 bits per heavy atom. The van der Waals surface area contributed by atoms with Crippen LogP contribution in [0.4, 0.5) is 11.4 Å². The number of imide groups is 1. The molecule has 0 bridgehead atoms. The van der Waals surface area contributed by atoms with E-state index in [9.17, 15) is 24.5 Å². The average Bonchev–Trinajstić information content (AvgIpc) is 3.30. The molecule has 3 aliphatic heterocycles. The van der Waals surface area contributed by atoms with Crippen molar-refractivity contribution >= 4 is 35.2 Å². The van der Waals surface area contributed by atoms with Crippen LogP contribution in [-0.2, 0) is 19.1 Å². The first-order chi connectivity index (χ1) is 15.9. The lowest BCUT2D eigenvalue weighted by Crippen LogP contribution is -2.44. The Morgan fingerprint density at radius 1 is 1.06 bits per heavy atom. The second-order valence-electron chi connectivity index (χ2n) is 7.98. The highest BCUT2D eigenvalue weighted by Crippen LogP contribution is 2.54. The summed E-state index contributed by atoms with van der Waals surface area (Å²) < 4.78 is 10.3. The van der Waals surface area contributed by atoms with Crippen molar-refractivity contribution in [3.05, 3.63) is 69.9 Å². The van der Waals surface area contributed by atoms with Gasteiger partial charge >= 0.3 is 5.97 Å². The monoisotopic (exact) mass is 449 g/mol. The molecule has 0 spiro atoms. The molecule has 2 aromatic carbocycles. The number of hydrogen-bond acceptors (Lipinski definition) is 8. The molecule has 0 N–H and O–H groups in total. The van der Waals surface area contributed by atoms with Crippen molar-refractivity contribution in [2.45, 2.75) is 12.1 Å². The van der Waals surface area contributed by atoms with Crippen LogP contribution in [0.5, 0.6) is 5.75 Å². The Balaban J connectivity index is 1.67. The minimum Gasteiger partial charge on any atom is -0.495 e. The van der Waals surface area contributed by atoms with E-state index in [2.05, 4.69) is 0 Å². The van der Waals surface area contributed by atoms with E-state index in [-0.39, 0.29) is 17.1 Å². The number of nitro benzene ring substituents is 1. The van der Waals surface area contributed by atoms with E-state index >= 15 is 0 Å². The number of anilines is 1. The summed E-state index contributed by atoms with van der Waals surface area (Å²) in [6.45, 7) is 0. The molecular formula is C23H19N3O7. The molecule has 3 aliphatic rings. The van der Waals surface area contributed by atoms with E-state index in [0.29, 0.717) is 0 Å². The van der Waals surface area contributed by atoms with E-state index in [1.807, 2.05) is 30.3 Å². The number of rotatable bonds is 4. The van der Waals surface area contributed by atoms with E-state index in [1.165, 1.54) is 26.4 Å². The Morgan fingerprint density at radius 2 is 1.79 bits per heavy atom. The fourth-order valence-corrected chi connectivity index (χ4v) is 5.15. The fraction of sp³-hybridized carbons (Fsp3) is 0.261. The zero-order valence-electron chi connectivity index (χ0n) is 17.7. The predicted octanol–water partition coefficient (Wildman–Crippen LogP) is 2.29. The van der Waals surface area contributed by atoms with Gasteiger partial charge in [0.2, 0.25) is 11.8 Å². The summed E-state index contributed by atoms with van der Waals surface area (Å²) in [7, 11) is 2.58. The standard InChI is InChI=1S/C23H19N3O7/c1-32-16-8-7-13(26(30)31)11-15(16)25-21(27)17-18(22(25)28)20(23(29)33-2)24-10-9-12-5-3-4-6-14(12)19(17)24/h3-11,17-20H,1-2H3/t17-,18+,19-,20-/m0/s1. The van der Waals surface area contributed by atoms with Crippen LogP contribution in [0, 0.1) is 22.0 Å². The van der Waals surface area contributed by atoms with E-state index < -0.39 is 46.6 Å². The van der Waals surface area contributed by atoms with Crippen LogP contribution in [0.15, 0.2) is 48.7 Å². The quantitative estimate of drug-likeness (QED) is 0.302. The molecule has 33 heavy (non-hydrogen) atoms. The predicted molar refractivity (Wildman–Crippen MR) is 115 cm³/mol. The zero-order chi connectivity index (χ0) is 23.4. The highest BCUT2D eigenvalue weighted by atomic mass is 16.6. The molecule has 2 amide bonds. The normalized spacial score (nSPS) is 24.9. The Hall–Kier alpha value is -4.21. The SMILES string of the molecule is COC(=O)[C@@H]1[C@@H]2C(=O)N(c3cc([N+](=O)[O-])ccc3OC)C(=O)[C@@H]2[C@@H]2c3ccccc3C=CN12. The van der Waals surface area contributed by atoms with Crippen molar-refractivity contribution in [2.24, 2.45) is 11.8 Å². The van der Waals surface area contributed by atoms with Gasteiger partial charge in [-0.3, -0.25) is 19.7 Å². The maximum atomic E-state index is 13.7. The van der Waals surface area contributed by atoms with Gasteiger partial charge in [0.1, 0.15) is 17.5 Å². The molecule has 0 saturated carbocycles. The lowest BCUT2D eigenvalue weighted by Gasteiger charge is -2.34. The van der Waals surface area contributed by atoms with Crippen LogP contribution in [0.2, 0.25) is 0 Å². The first-order valence-corrected chi connectivity index (χ1v) is 10.2. The van der Waals surface area contributed by atoms with Crippen LogP contribution < -0.4 is 9.64 Å². The number of nitrogens with zero attached hydrogens (tertiary/aromatic N) is 3. The summed E-state index contributed by atoms with van der Waals surface area (Å²) in [5.41, 5.74) is 1.39. The van der Waals surface area contributed by atoms with Crippen molar-refractivity contribution in [3.63, 3.8) is 0 Å². The summed E-state index contributed by atoms with van der Waals surface area (Å²) >= 11 is 0. The molecule has 2 saturated heterocycles. The van der Waals surface area contributed by atoms with Gasteiger partial charge in [0.05, 0.1) is 37.0 Å². The van der Waals surface area contributed by atoms with Gasteiger partial charge in [0, 0.05) is 18.3 Å². The van der Waals surface area contributed by atoms with Gasteiger partial charge in [0.15, 0.2) is 0 Å². The molecule has 2 aromatic rings. The van der Waals surface area contributed by atoms with Crippen molar-refractivity contribution in [2.75, 3.05) is 19.1 Å². The van der Waals surface area contributed by atoms with Gasteiger partial charge < -0.3 is 14.4 Å². The van der Waals surface area contributed by atoms with Gasteiger partial charge in [-0.15, -0.1) is 0 Å². The number of hydrogen-bond donors (Lipinski definition) is 0. The summed E-state index contributed by atoms with van der Waals surface area (Å²) in [5.74, 6) is -3.57. The lowest BCUT2D eigenvalue weighted by molar-refractivity contribution is -0.384. The number of esters is 1. The molecule has 0 unspecified atom stereocenters. The fourth-order valence-electron chi connectivity index (χ4n) is 5.15. The maximum absolute atomic E-state index is 13.7. The number of carbonyl (C=O) groups excluding carboxylic acids is 3. The molecule has 4 atom stereocenters. The molecule has 10 nitrogen and oxygen atoms in total. The van der Waals surface area contributed by atoms with Gasteiger partial charge in [-0.25, -0.2) is 9.69 Å². The molecule has 3 heterocycles. The first-order valence-electron chi connectivity index (χ1n) is 10.2. The van der Waals surface area contributed by atoms with Crippen LogP contribution in [-0.4, -0.2) is 47.9 Å². The van der Waals surface area contributed by atoms with Crippen LogP contribution >= 0.6 is 0 Å². The molecule has 168 valence electrons. The number of ether oxygens (including phenoxy) is 2. The Kier molecular flexibility index (Phi) is 4.66. The summed E-state index contributed by atoms with van der Waals surface area (Å²) in [6, 6.07) is 9.58. The minimum absolute atomic E-state index is 0.0223. The van der Waals surface area contributed by atoms with E-state index in [0.717, 1.165) is 22.1 Å². The van der Waals surface area contributed by atoms with Gasteiger partial charge in [-0.1, -0.05) is 24.3 Å². The van der Waals surface area contributed by atoms with Crippen LogP contribution in [0.25, 0.3) is 6.08 Å². The summed E-state index contributed by atoms with van der Waals surface area (Å²) in [5, 5.41) is 11.3. The highest BCUT2D eigenvalue weighted by molar-refractivity contribution is 6.24. The third-order valence-corrected chi connectivity index (χ3v) is 6.52.